The van der Waals surface area contributed by atoms with Crippen molar-refractivity contribution < 1.29 is 27.9 Å². The molecule has 43 heavy (non-hydrogen) atoms. The van der Waals surface area contributed by atoms with Gasteiger partial charge in [-0.25, -0.2) is 18.2 Å². The summed E-state index contributed by atoms with van der Waals surface area (Å²) in [5.74, 6) is -0.767. The molecule has 2 N–H and O–H groups in total. The number of amides is 2. The highest BCUT2D eigenvalue weighted by Crippen LogP contribution is 2.27. The number of carbonyl (C=O) groups is 3. The predicted molar refractivity (Wildman–Crippen MR) is 158 cm³/mol. The highest BCUT2D eigenvalue weighted by Gasteiger charge is 2.40. The normalized spacial score (nSPS) is 19.0. The van der Waals surface area contributed by atoms with Gasteiger partial charge in [0.15, 0.2) is 0 Å². The van der Waals surface area contributed by atoms with E-state index < -0.39 is 34.0 Å². The summed E-state index contributed by atoms with van der Waals surface area (Å²) >= 11 is 0. The molecule has 0 aliphatic carbocycles. The highest BCUT2D eigenvalue weighted by molar-refractivity contribution is 7.89. The average Bonchev–Trinajstić information content (AvgIpc) is 3.61. The number of fused-ring (bicyclic) bond motifs is 1. The lowest BCUT2D eigenvalue weighted by molar-refractivity contribution is -0.143. The molecule has 0 radical (unpaired) electrons. The molecule has 2 amide bonds. The van der Waals surface area contributed by atoms with Crippen LogP contribution in [-0.2, 0) is 31.0 Å². The Hall–Kier alpha value is -3.84. The molecule has 2 fully saturated rings. The number of hydrogen-bond donors (Lipinski definition) is 2. The van der Waals surface area contributed by atoms with Crippen molar-refractivity contribution in [3.8, 4) is 0 Å². The molecule has 2 aliphatic heterocycles. The summed E-state index contributed by atoms with van der Waals surface area (Å²) < 4.78 is 29.8. The number of imidazole rings is 1. The number of piperidine rings is 1. The minimum absolute atomic E-state index is 0.0315. The van der Waals surface area contributed by atoms with E-state index in [1.807, 2.05) is 19.9 Å². The molecule has 4 heterocycles. The minimum atomic E-state index is -3.92. The number of aromatic nitrogens is 3. The maximum absolute atomic E-state index is 13.2. The fourth-order valence-corrected chi connectivity index (χ4v) is 7.70. The zero-order chi connectivity index (χ0) is 30.7. The first kappa shape index (κ1) is 30.6. The van der Waals surface area contributed by atoms with E-state index in [0.717, 1.165) is 46.1 Å². The molecule has 2 atom stereocenters. The summed E-state index contributed by atoms with van der Waals surface area (Å²) in [7, 11) is -3.92. The van der Waals surface area contributed by atoms with Crippen molar-refractivity contribution in [1.82, 2.24) is 29.1 Å². The molecular formula is C30H38N6O6S. The zero-order valence-electron chi connectivity index (χ0n) is 24.5. The molecule has 0 unspecified atom stereocenters. The number of nitrogens with zero attached hydrogens (tertiary/aromatic N) is 5. The minimum Gasteiger partial charge on any atom is -0.480 e. The second-order valence-electron chi connectivity index (χ2n) is 11.5. The van der Waals surface area contributed by atoms with Gasteiger partial charge in [0, 0.05) is 38.8 Å². The Morgan fingerprint density at radius 2 is 1.77 bits per heavy atom. The molecule has 0 saturated carbocycles. The lowest BCUT2D eigenvalue weighted by atomic mass is 9.96. The van der Waals surface area contributed by atoms with Gasteiger partial charge in [-0.2, -0.15) is 4.31 Å². The van der Waals surface area contributed by atoms with Crippen LogP contribution >= 0.6 is 0 Å². The summed E-state index contributed by atoms with van der Waals surface area (Å²) in [6.07, 6.45) is 5.83. The van der Waals surface area contributed by atoms with Crippen LogP contribution in [0.3, 0.4) is 0 Å². The lowest BCUT2D eigenvalue weighted by Crippen LogP contribution is -2.51. The van der Waals surface area contributed by atoms with Crippen LogP contribution in [0.15, 0.2) is 47.6 Å². The SMILES string of the molecule is Cc1ccc(S(=O)(=O)N2CCC[C@@H]2C(=O)N[C@@H](CCC(=O)N2CCC(Cn3c(C)nc4cnccc43)CC2)C(=O)O)cc1. The van der Waals surface area contributed by atoms with Gasteiger partial charge in [-0.05, 0) is 70.1 Å². The standard InChI is InChI=1S/C30H38N6O6S/c1-20-5-7-23(8-6-20)43(41,42)36-15-3-4-27(36)29(38)33-24(30(39)40)9-10-28(37)34-16-12-22(13-17-34)19-35-21(2)32-25-18-31-14-11-26(25)35/h5-8,11,14,18,22,24,27H,3-4,9-10,12-13,15-17,19H2,1-2H3,(H,33,38)(H,39,40)/t24-,27+/m0/s1. The van der Waals surface area contributed by atoms with E-state index in [2.05, 4.69) is 19.9 Å². The number of carboxylic acids is 1. The van der Waals surface area contributed by atoms with Gasteiger partial charge in [0.2, 0.25) is 21.8 Å². The quantitative estimate of drug-likeness (QED) is 0.355. The molecule has 5 rings (SSSR count). The number of carbonyl (C=O) groups excluding carboxylic acids is 2. The molecular weight excluding hydrogens is 572 g/mol. The van der Waals surface area contributed by atoms with Gasteiger partial charge in [0.05, 0.1) is 16.6 Å². The van der Waals surface area contributed by atoms with Crippen molar-refractivity contribution in [2.45, 2.75) is 75.9 Å². The third kappa shape index (κ3) is 6.72. The number of aryl methyl sites for hydroxylation is 2. The zero-order valence-corrected chi connectivity index (χ0v) is 25.3. The molecule has 0 spiro atoms. The summed E-state index contributed by atoms with van der Waals surface area (Å²) in [4.78, 5) is 48.7. The van der Waals surface area contributed by atoms with E-state index in [4.69, 9.17) is 0 Å². The predicted octanol–water partition coefficient (Wildman–Crippen LogP) is 2.49. The summed E-state index contributed by atoms with van der Waals surface area (Å²) in [5.41, 5.74) is 2.82. The van der Waals surface area contributed by atoms with Crippen molar-refractivity contribution in [3.63, 3.8) is 0 Å². The van der Waals surface area contributed by atoms with Crippen LogP contribution in [0.4, 0.5) is 0 Å². The maximum atomic E-state index is 13.2. The van der Waals surface area contributed by atoms with Gasteiger partial charge in [0.1, 0.15) is 23.4 Å². The number of sulfonamides is 1. The van der Waals surface area contributed by atoms with Crippen LogP contribution in [0.25, 0.3) is 11.0 Å². The number of nitrogens with one attached hydrogen (secondary N) is 1. The van der Waals surface area contributed by atoms with Crippen LogP contribution in [0.5, 0.6) is 0 Å². The van der Waals surface area contributed by atoms with Crippen molar-refractivity contribution in [1.29, 1.82) is 0 Å². The number of aliphatic carboxylic acids is 1. The number of rotatable bonds is 10. The molecule has 230 valence electrons. The third-order valence-corrected chi connectivity index (χ3v) is 10.5. The molecule has 3 aromatic rings. The molecule has 2 aromatic heterocycles. The van der Waals surface area contributed by atoms with Gasteiger partial charge in [-0.3, -0.25) is 14.6 Å². The number of carboxylic acid groups (broad SMARTS) is 1. The number of benzene rings is 1. The maximum Gasteiger partial charge on any atom is 0.326 e. The van der Waals surface area contributed by atoms with E-state index in [-0.39, 0.29) is 30.2 Å². The fourth-order valence-electron chi connectivity index (χ4n) is 6.04. The molecule has 1 aromatic carbocycles. The summed E-state index contributed by atoms with van der Waals surface area (Å²) in [6, 6.07) is 6.05. The Bertz CT molecular complexity index is 1600. The second kappa shape index (κ2) is 12.8. The van der Waals surface area contributed by atoms with Crippen LogP contribution in [-0.4, -0.2) is 86.8 Å². The van der Waals surface area contributed by atoms with Gasteiger partial charge < -0.3 is 19.9 Å². The first-order chi connectivity index (χ1) is 20.5. The van der Waals surface area contributed by atoms with Gasteiger partial charge >= 0.3 is 5.97 Å². The number of hydrogen-bond acceptors (Lipinski definition) is 7. The Labute approximate surface area is 251 Å². The van der Waals surface area contributed by atoms with Crippen LogP contribution in [0.1, 0.15) is 49.9 Å². The van der Waals surface area contributed by atoms with Gasteiger partial charge in [-0.15, -0.1) is 0 Å². The molecule has 2 aliphatic rings. The van der Waals surface area contributed by atoms with Crippen molar-refractivity contribution in [2.75, 3.05) is 19.6 Å². The Kier molecular flexibility index (Phi) is 9.11. The smallest absolute Gasteiger partial charge is 0.326 e. The van der Waals surface area contributed by atoms with E-state index in [9.17, 15) is 27.9 Å². The van der Waals surface area contributed by atoms with Crippen molar-refractivity contribution >= 4 is 38.8 Å². The van der Waals surface area contributed by atoms with E-state index >= 15 is 0 Å². The Balaban J connectivity index is 1.13. The summed E-state index contributed by atoms with van der Waals surface area (Å²) in [5, 5.41) is 12.3. The highest BCUT2D eigenvalue weighted by atomic mass is 32.2. The third-order valence-electron chi connectivity index (χ3n) is 8.54. The van der Waals surface area contributed by atoms with Crippen LogP contribution < -0.4 is 5.32 Å². The van der Waals surface area contributed by atoms with Crippen LogP contribution in [0.2, 0.25) is 0 Å². The monoisotopic (exact) mass is 610 g/mol. The summed E-state index contributed by atoms with van der Waals surface area (Å²) in [6.45, 7) is 5.96. The van der Waals surface area contributed by atoms with Crippen LogP contribution in [0, 0.1) is 19.8 Å². The van der Waals surface area contributed by atoms with E-state index in [0.29, 0.717) is 31.8 Å². The molecule has 12 nitrogen and oxygen atoms in total. The molecule has 2 saturated heterocycles. The fraction of sp³-hybridized carbons (Fsp3) is 0.500. The largest absolute Gasteiger partial charge is 0.480 e. The lowest BCUT2D eigenvalue weighted by Gasteiger charge is -2.33. The molecule has 0 bridgehead atoms. The number of pyridine rings is 1. The Morgan fingerprint density at radius 3 is 2.47 bits per heavy atom. The molecule has 13 heteroatoms. The first-order valence-electron chi connectivity index (χ1n) is 14.7. The first-order valence-corrected chi connectivity index (χ1v) is 16.1. The average molecular weight is 611 g/mol. The van der Waals surface area contributed by atoms with Gasteiger partial charge in [0.25, 0.3) is 0 Å². The van der Waals surface area contributed by atoms with Crippen molar-refractivity contribution in [2.24, 2.45) is 5.92 Å². The second-order valence-corrected chi connectivity index (χ2v) is 13.4. The van der Waals surface area contributed by atoms with E-state index in [1.165, 1.54) is 12.1 Å². The number of likely N-dealkylation sites (tertiary alicyclic amines) is 1. The topological polar surface area (TPSA) is 155 Å². The van der Waals surface area contributed by atoms with Gasteiger partial charge in [-0.1, -0.05) is 17.7 Å². The van der Waals surface area contributed by atoms with E-state index in [1.54, 1.807) is 29.4 Å². The van der Waals surface area contributed by atoms with Crippen molar-refractivity contribution in [3.05, 3.63) is 54.1 Å². The Morgan fingerprint density at radius 1 is 1.05 bits per heavy atom.